The van der Waals surface area contributed by atoms with Crippen molar-refractivity contribution in [3.63, 3.8) is 0 Å². The van der Waals surface area contributed by atoms with Crippen LogP contribution in [-0.4, -0.2) is 24.7 Å². The Morgan fingerprint density at radius 3 is 2.62 bits per heavy atom. The molecule has 1 heterocycles. The Morgan fingerprint density at radius 2 is 1.86 bits per heavy atom. The number of hydrogen-bond donors (Lipinski definition) is 1. The minimum atomic E-state index is -0.207. The van der Waals surface area contributed by atoms with E-state index in [1.54, 1.807) is 0 Å². The van der Waals surface area contributed by atoms with Crippen molar-refractivity contribution in [2.75, 3.05) is 6.61 Å². The maximum absolute atomic E-state index is 12.4. The molecule has 3 heteroatoms. The van der Waals surface area contributed by atoms with Gasteiger partial charge in [-0.15, -0.1) is 0 Å². The highest BCUT2D eigenvalue weighted by Gasteiger charge is 2.53. The van der Waals surface area contributed by atoms with Crippen molar-refractivity contribution in [1.29, 1.82) is 0 Å². The summed E-state index contributed by atoms with van der Waals surface area (Å²) in [6.45, 7) is 0.733. The lowest BCUT2D eigenvalue weighted by Gasteiger charge is -2.50. The Bertz CT molecular complexity index is 509. The van der Waals surface area contributed by atoms with Crippen molar-refractivity contribution in [3.8, 4) is 0 Å². The Hall–Kier alpha value is -1.35. The van der Waals surface area contributed by atoms with E-state index < -0.39 is 0 Å². The summed E-state index contributed by atoms with van der Waals surface area (Å²) in [5.74, 6) is 2.07. The van der Waals surface area contributed by atoms with Crippen LogP contribution in [0.3, 0.4) is 0 Å². The number of benzene rings is 1. The minimum absolute atomic E-state index is 0.115. The molecule has 3 aliphatic rings. The van der Waals surface area contributed by atoms with E-state index in [1.807, 2.05) is 0 Å². The first-order valence-electron chi connectivity index (χ1n) is 8.31. The van der Waals surface area contributed by atoms with Gasteiger partial charge in [-0.3, -0.25) is 4.79 Å². The minimum Gasteiger partial charge on any atom is -0.368 e. The molecule has 0 unspecified atom stereocenters. The number of hydrogen-bond acceptors (Lipinski definition) is 2. The molecule has 1 aromatic rings. The fraction of sp³-hybridized carbons (Fsp3) is 0.611. The number of rotatable bonds is 3. The summed E-state index contributed by atoms with van der Waals surface area (Å²) in [5, 5.41) is 3.31. The zero-order valence-corrected chi connectivity index (χ0v) is 12.3. The van der Waals surface area contributed by atoms with Crippen LogP contribution in [-0.2, 0) is 9.53 Å². The Labute approximate surface area is 126 Å². The van der Waals surface area contributed by atoms with Crippen molar-refractivity contribution in [2.45, 2.75) is 50.2 Å². The average Bonchev–Trinajstić information content (AvgIpc) is 3.16. The topological polar surface area (TPSA) is 38.3 Å². The summed E-state index contributed by atoms with van der Waals surface area (Å²) in [6, 6.07) is 11.0. The highest BCUT2D eigenvalue weighted by atomic mass is 16.5. The number of fused-ring (bicyclic) bond motifs is 1. The zero-order valence-electron chi connectivity index (χ0n) is 12.3. The van der Waals surface area contributed by atoms with Gasteiger partial charge in [-0.1, -0.05) is 36.8 Å². The molecular weight excluding hydrogens is 262 g/mol. The second-order valence-electron chi connectivity index (χ2n) is 6.73. The average molecular weight is 285 g/mol. The number of nitrogens with one attached hydrogen (secondary N) is 1. The van der Waals surface area contributed by atoms with Gasteiger partial charge in [0.15, 0.2) is 0 Å². The number of amides is 1. The summed E-state index contributed by atoms with van der Waals surface area (Å²) in [4.78, 5) is 12.4. The van der Waals surface area contributed by atoms with Gasteiger partial charge in [-0.05, 0) is 43.1 Å². The van der Waals surface area contributed by atoms with Crippen LogP contribution >= 0.6 is 0 Å². The van der Waals surface area contributed by atoms with Gasteiger partial charge < -0.3 is 10.1 Å². The lowest BCUT2D eigenvalue weighted by atomic mass is 9.60. The molecule has 1 amide bonds. The van der Waals surface area contributed by atoms with Gasteiger partial charge >= 0.3 is 0 Å². The van der Waals surface area contributed by atoms with E-state index in [2.05, 4.69) is 35.6 Å². The molecule has 21 heavy (non-hydrogen) atoms. The molecule has 112 valence electrons. The fourth-order valence-corrected chi connectivity index (χ4v) is 4.66. The first kappa shape index (κ1) is 13.3. The van der Waals surface area contributed by atoms with Crippen LogP contribution in [0.1, 0.15) is 43.6 Å². The van der Waals surface area contributed by atoms with Crippen LogP contribution < -0.4 is 5.32 Å². The van der Waals surface area contributed by atoms with E-state index in [9.17, 15) is 4.79 Å². The molecular formula is C18H23NO2. The van der Waals surface area contributed by atoms with Crippen LogP contribution in [0.15, 0.2) is 30.3 Å². The van der Waals surface area contributed by atoms with E-state index in [4.69, 9.17) is 4.74 Å². The van der Waals surface area contributed by atoms with Crippen molar-refractivity contribution in [2.24, 2.45) is 11.8 Å². The van der Waals surface area contributed by atoms with Gasteiger partial charge in [-0.2, -0.15) is 0 Å². The highest BCUT2D eigenvalue weighted by molar-refractivity contribution is 5.81. The molecule has 1 aromatic carbocycles. The van der Waals surface area contributed by atoms with E-state index in [1.165, 1.54) is 24.8 Å². The molecule has 2 aliphatic carbocycles. The molecule has 5 atom stereocenters. The van der Waals surface area contributed by atoms with Crippen molar-refractivity contribution >= 4 is 5.91 Å². The normalized spacial score (nSPS) is 37.8. The molecule has 1 N–H and O–H groups in total. The molecule has 4 rings (SSSR count). The van der Waals surface area contributed by atoms with E-state index in [0.717, 1.165) is 25.4 Å². The third kappa shape index (κ3) is 2.28. The van der Waals surface area contributed by atoms with Crippen LogP contribution in [0.4, 0.5) is 0 Å². The molecule has 0 aromatic heterocycles. The zero-order chi connectivity index (χ0) is 14.2. The van der Waals surface area contributed by atoms with Crippen LogP contribution in [0.5, 0.6) is 0 Å². The molecule has 1 aliphatic heterocycles. The molecule has 0 spiro atoms. The quantitative estimate of drug-likeness (QED) is 0.927. The lowest BCUT2D eigenvalue weighted by molar-refractivity contribution is -0.133. The SMILES string of the molecule is O=C(N[C@@H]1[C@@H]2CCC[C@@H]2[C@@H]1c1ccccc1)[C@@H]1CCCO1. The monoisotopic (exact) mass is 285 g/mol. The van der Waals surface area contributed by atoms with E-state index >= 15 is 0 Å². The van der Waals surface area contributed by atoms with Gasteiger partial charge in [0.1, 0.15) is 6.10 Å². The summed E-state index contributed by atoms with van der Waals surface area (Å²) in [5.41, 5.74) is 1.39. The molecule has 0 bridgehead atoms. The van der Waals surface area contributed by atoms with Gasteiger partial charge in [0.2, 0.25) is 5.91 Å². The summed E-state index contributed by atoms with van der Waals surface area (Å²) >= 11 is 0. The molecule has 3 nitrogen and oxygen atoms in total. The predicted molar refractivity (Wildman–Crippen MR) is 80.9 cm³/mol. The maximum Gasteiger partial charge on any atom is 0.249 e. The second kappa shape index (κ2) is 5.45. The molecule has 2 saturated carbocycles. The lowest BCUT2D eigenvalue weighted by Crippen LogP contribution is -2.58. The van der Waals surface area contributed by atoms with E-state index in [0.29, 0.717) is 17.9 Å². The highest BCUT2D eigenvalue weighted by Crippen LogP contribution is 2.55. The van der Waals surface area contributed by atoms with Gasteiger partial charge in [-0.25, -0.2) is 0 Å². The Balaban J connectivity index is 1.50. The van der Waals surface area contributed by atoms with Crippen molar-refractivity contribution in [1.82, 2.24) is 5.32 Å². The second-order valence-corrected chi connectivity index (χ2v) is 6.73. The number of carbonyl (C=O) groups is 1. The first-order valence-corrected chi connectivity index (χ1v) is 8.31. The maximum atomic E-state index is 12.4. The van der Waals surface area contributed by atoms with Gasteiger partial charge in [0.05, 0.1) is 0 Å². The van der Waals surface area contributed by atoms with Crippen LogP contribution in [0.25, 0.3) is 0 Å². The van der Waals surface area contributed by atoms with E-state index in [-0.39, 0.29) is 12.0 Å². The van der Waals surface area contributed by atoms with Gasteiger partial charge in [0.25, 0.3) is 0 Å². The molecule has 3 fully saturated rings. The summed E-state index contributed by atoms with van der Waals surface area (Å²) < 4.78 is 5.52. The van der Waals surface area contributed by atoms with Crippen molar-refractivity contribution < 1.29 is 9.53 Å². The summed E-state index contributed by atoms with van der Waals surface area (Å²) in [7, 11) is 0. The number of carbonyl (C=O) groups excluding carboxylic acids is 1. The molecule has 0 radical (unpaired) electrons. The first-order chi connectivity index (χ1) is 10.3. The third-order valence-corrected chi connectivity index (χ3v) is 5.65. The molecule has 1 saturated heterocycles. The smallest absolute Gasteiger partial charge is 0.249 e. The van der Waals surface area contributed by atoms with Gasteiger partial charge in [0, 0.05) is 18.6 Å². The summed E-state index contributed by atoms with van der Waals surface area (Å²) in [6.07, 6.45) is 5.58. The Kier molecular flexibility index (Phi) is 3.46. The predicted octanol–water partition coefficient (Wildman–Crippen LogP) is 2.86. The largest absolute Gasteiger partial charge is 0.368 e. The third-order valence-electron chi connectivity index (χ3n) is 5.65. The standard InChI is InChI=1S/C18H23NO2/c20-18(15-10-5-11-21-15)19-17-14-9-4-8-13(14)16(17)12-6-2-1-3-7-12/h1-3,6-7,13-17H,4-5,8-11H2,(H,19,20)/t13-,14+,15-,16-,17+/m0/s1. The fourth-order valence-electron chi connectivity index (χ4n) is 4.66. The number of ether oxygens (including phenoxy) is 1. The Morgan fingerprint density at radius 1 is 1.05 bits per heavy atom. The van der Waals surface area contributed by atoms with Crippen LogP contribution in [0.2, 0.25) is 0 Å². The van der Waals surface area contributed by atoms with Crippen molar-refractivity contribution in [3.05, 3.63) is 35.9 Å². The van der Waals surface area contributed by atoms with Crippen LogP contribution in [0, 0.1) is 11.8 Å².